The second-order valence-corrected chi connectivity index (χ2v) is 7.85. The normalized spacial score (nSPS) is 16.4. The van der Waals surface area contributed by atoms with Gasteiger partial charge >= 0.3 is 0 Å². The number of hydrogen-bond donors (Lipinski definition) is 2. The van der Waals surface area contributed by atoms with E-state index in [0.717, 1.165) is 30.4 Å². The second kappa shape index (κ2) is 9.14. The van der Waals surface area contributed by atoms with Crippen LogP contribution in [0.4, 0.5) is 5.69 Å². The molecule has 3 aromatic rings. The molecule has 154 valence electrons. The first-order valence-corrected chi connectivity index (χ1v) is 10.5. The predicted octanol–water partition coefficient (Wildman–Crippen LogP) is 5.35. The van der Waals surface area contributed by atoms with Crippen LogP contribution in [0.15, 0.2) is 72.8 Å². The summed E-state index contributed by atoms with van der Waals surface area (Å²) in [6.45, 7) is 2.00. The van der Waals surface area contributed by atoms with Gasteiger partial charge in [0.05, 0.1) is 12.8 Å². The van der Waals surface area contributed by atoms with E-state index in [1.165, 1.54) is 11.1 Å². The smallest absolute Gasteiger partial charge is 0.246 e. The summed E-state index contributed by atoms with van der Waals surface area (Å²) in [6, 6.07) is 23.9. The van der Waals surface area contributed by atoms with E-state index in [2.05, 4.69) is 34.9 Å². The Morgan fingerprint density at radius 2 is 1.80 bits per heavy atom. The maximum absolute atomic E-state index is 13.4. The van der Waals surface area contributed by atoms with Gasteiger partial charge in [0, 0.05) is 6.04 Å². The van der Waals surface area contributed by atoms with Crippen LogP contribution in [-0.4, -0.2) is 13.0 Å². The van der Waals surface area contributed by atoms with Gasteiger partial charge in [0.25, 0.3) is 0 Å². The molecule has 3 aromatic carbocycles. The van der Waals surface area contributed by atoms with Crippen LogP contribution in [0.2, 0.25) is 0 Å². The highest BCUT2D eigenvalue weighted by Crippen LogP contribution is 2.33. The van der Waals surface area contributed by atoms with Gasteiger partial charge < -0.3 is 10.1 Å². The fraction of sp³-hybridized carbons (Fsp3) is 0.269. The van der Waals surface area contributed by atoms with Crippen LogP contribution in [-0.2, 0) is 11.2 Å². The van der Waals surface area contributed by atoms with Crippen molar-refractivity contribution in [3.8, 4) is 5.75 Å². The predicted molar refractivity (Wildman–Crippen MR) is 121 cm³/mol. The highest BCUT2D eigenvalue weighted by atomic mass is 16.5. The number of ether oxygens (including phenoxy) is 1. The summed E-state index contributed by atoms with van der Waals surface area (Å²) in [6.07, 6.45) is 3.22. The van der Waals surface area contributed by atoms with E-state index in [1.54, 1.807) is 7.11 Å². The van der Waals surface area contributed by atoms with Crippen molar-refractivity contribution in [2.24, 2.45) is 0 Å². The monoisotopic (exact) mass is 400 g/mol. The van der Waals surface area contributed by atoms with Crippen molar-refractivity contribution >= 4 is 11.6 Å². The van der Waals surface area contributed by atoms with Gasteiger partial charge in [0.15, 0.2) is 0 Å². The number of amides is 1. The molecule has 0 spiro atoms. The van der Waals surface area contributed by atoms with E-state index in [4.69, 9.17) is 4.74 Å². The summed E-state index contributed by atoms with van der Waals surface area (Å²) < 4.78 is 5.45. The fourth-order valence-corrected chi connectivity index (χ4v) is 4.22. The third kappa shape index (κ3) is 4.39. The van der Waals surface area contributed by atoms with Crippen molar-refractivity contribution in [1.29, 1.82) is 0 Å². The van der Waals surface area contributed by atoms with Crippen LogP contribution < -0.4 is 15.4 Å². The van der Waals surface area contributed by atoms with E-state index in [1.807, 2.05) is 55.5 Å². The largest absolute Gasteiger partial charge is 0.495 e. The third-order valence-electron chi connectivity index (χ3n) is 5.75. The third-order valence-corrected chi connectivity index (χ3v) is 5.75. The Kier molecular flexibility index (Phi) is 6.15. The fourth-order valence-electron chi connectivity index (χ4n) is 4.22. The minimum Gasteiger partial charge on any atom is -0.495 e. The molecule has 1 amide bonds. The zero-order valence-corrected chi connectivity index (χ0v) is 17.5. The molecule has 4 nitrogen and oxygen atoms in total. The lowest BCUT2D eigenvalue weighted by Crippen LogP contribution is -2.36. The van der Waals surface area contributed by atoms with E-state index in [-0.39, 0.29) is 11.9 Å². The highest BCUT2D eigenvalue weighted by Gasteiger charge is 2.28. The maximum atomic E-state index is 13.4. The molecular weight excluding hydrogens is 372 g/mol. The van der Waals surface area contributed by atoms with Gasteiger partial charge in [-0.2, -0.15) is 0 Å². The van der Waals surface area contributed by atoms with Gasteiger partial charge in [-0.25, -0.2) is 0 Å². The Morgan fingerprint density at radius 3 is 2.60 bits per heavy atom. The van der Waals surface area contributed by atoms with Crippen LogP contribution in [0.5, 0.6) is 5.75 Å². The van der Waals surface area contributed by atoms with Crippen LogP contribution in [0, 0.1) is 6.92 Å². The molecular formula is C26H28N2O2. The zero-order chi connectivity index (χ0) is 20.9. The Labute approximate surface area is 178 Å². The Bertz CT molecular complexity index is 1020. The first-order valence-electron chi connectivity index (χ1n) is 10.5. The molecule has 0 saturated heterocycles. The maximum Gasteiger partial charge on any atom is 0.246 e. The van der Waals surface area contributed by atoms with Crippen LogP contribution in [0.3, 0.4) is 0 Å². The number of rotatable bonds is 6. The topological polar surface area (TPSA) is 50.4 Å². The van der Waals surface area contributed by atoms with Crippen molar-refractivity contribution in [3.05, 3.63) is 95.1 Å². The summed E-state index contributed by atoms with van der Waals surface area (Å²) in [5.41, 5.74) is 5.37. The van der Waals surface area contributed by atoms with Crippen molar-refractivity contribution in [3.63, 3.8) is 0 Å². The molecule has 0 saturated carbocycles. The molecule has 2 N–H and O–H groups in total. The average molecular weight is 401 g/mol. The molecule has 4 heteroatoms. The van der Waals surface area contributed by atoms with Crippen molar-refractivity contribution in [2.75, 3.05) is 12.4 Å². The Morgan fingerprint density at radius 1 is 1.03 bits per heavy atom. The van der Waals surface area contributed by atoms with Gasteiger partial charge in [-0.15, -0.1) is 0 Å². The molecule has 0 unspecified atom stereocenters. The molecule has 4 rings (SSSR count). The number of benzene rings is 3. The van der Waals surface area contributed by atoms with Gasteiger partial charge in [-0.05, 0) is 60.6 Å². The molecule has 0 aliphatic heterocycles. The summed E-state index contributed by atoms with van der Waals surface area (Å²) in [5.74, 6) is 0.567. The lowest BCUT2D eigenvalue weighted by molar-refractivity contribution is -0.118. The van der Waals surface area contributed by atoms with Crippen LogP contribution >= 0.6 is 0 Å². The van der Waals surface area contributed by atoms with Gasteiger partial charge in [0.1, 0.15) is 11.8 Å². The first-order chi connectivity index (χ1) is 14.7. The Balaban J connectivity index is 1.63. The SMILES string of the molecule is COc1ccc(C)cc1NC(=O)[C@@H](N[C@@H]1CCCc2ccccc21)c1ccccc1. The van der Waals surface area contributed by atoms with Gasteiger partial charge in [0.2, 0.25) is 5.91 Å². The zero-order valence-electron chi connectivity index (χ0n) is 17.5. The Hall–Kier alpha value is -3.11. The number of carbonyl (C=O) groups excluding carboxylic acids is 1. The standard InChI is InChI=1S/C26H28N2O2/c1-18-15-16-24(30-2)23(17-18)28-26(29)25(20-10-4-3-5-11-20)27-22-14-8-12-19-9-6-7-13-21(19)22/h3-7,9-11,13,15-17,22,25,27H,8,12,14H2,1-2H3,(H,28,29)/t22-,25+/m1/s1. The molecule has 1 aliphatic carbocycles. The van der Waals surface area contributed by atoms with Crippen LogP contribution in [0.25, 0.3) is 0 Å². The number of carbonyl (C=O) groups is 1. The molecule has 0 bridgehead atoms. The molecule has 30 heavy (non-hydrogen) atoms. The quantitative estimate of drug-likeness (QED) is 0.586. The molecule has 0 fully saturated rings. The van der Waals surface area contributed by atoms with Crippen LogP contribution in [0.1, 0.15) is 47.2 Å². The molecule has 1 aliphatic rings. The number of hydrogen-bond acceptors (Lipinski definition) is 3. The summed E-state index contributed by atoms with van der Waals surface area (Å²) >= 11 is 0. The highest BCUT2D eigenvalue weighted by molar-refractivity contribution is 5.97. The number of fused-ring (bicyclic) bond motifs is 1. The second-order valence-electron chi connectivity index (χ2n) is 7.85. The number of aryl methyl sites for hydroxylation is 2. The van der Waals surface area contributed by atoms with Crippen molar-refractivity contribution in [1.82, 2.24) is 5.32 Å². The minimum absolute atomic E-state index is 0.0897. The minimum atomic E-state index is -0.465. The molecule has 0 radical (unpaired) electrons. The lowest BCUT2D eigenvalue weighted by atomic mass is 9.87. The van der Waals surface area contributed by atoms with Gasteiger partial charge in [-0.1, -0.05) is 60.7 Å². The number of nitrogens with one attached hydrogen (secondary N) is 2. The van der Waals surface area contributed by atoms with E-state index < -0.39 is 6.04 Å². The van der Waals surface area contributed by atoms with Crippen molar-refractivity contribution in [2.45, 2.75) is 38.3 Å². The van der Waals surface area contributed by atoms with Crippen molar-refractivity contribution < 1.29 is 9.53 Å². The van der Waals surface area contributed by atoms with E-state index >= 15 is 0 Å². The van der Waals surface area contributed by atoms with E-state index in [0.29, 0.717) is 11.4 Å². The summed E-state index contributed by atoms with van der Waals surface area (Å²) in [5, 5.41) is 6.74. The van der Waals surface area contributed by atoms with Gasteiger partial charge in [-0.3, -0.25) is 10.1 Å². The molecule has 2 atom stereocenters. The number of methoxy groups -OCH3 is 1. The summed E-state index contributed by atoms with van der Waals surface area (Å²) in [4.78, 5) is 13.4. The average Bonchev–Trinajstić information content (AvgIpc) is 2.78. The van der Waals surface area contributed by atoms with E-state index in [9.17, 15) is 4.79 Å². The lowest BCUT2D eigenvalue weighted by Gasteiger charge is -2.30. The first kappa shape index (κ1) is 20.2. The number of anilines is 1. The molecule has 0 heterocycles. The molecule has 0 aromatic heterocycles. The summed E-state index contributed by atoms with van der Waals surface area (Å²) in [7, 11) is 1.62.